The molecule has 26 heavy (non-hydrogen) atoms. The first-order valence-corrected chi connectivity index (χ1v) is 9.59. The van der Waals surface area contributed by atoms with Crippen LogP contribution in [0.1, 0.15) is 56.9 Å². The minimum atomic E-state index is -0.889. The molecule has 1 aromatic rings. The van der Waals surface area contributed by atoms with Crippen LogP contribution in [-0.2, 0) is 10.2 Å². The normalized spacial score (nSPS) is 31.8. The number of nitro benzene ring substituents is 1. The van der Waals surface area contributed by atoms with Crippen molar-refractivity contribution in [3.63, 3.8) is 0 Å². The third kappa shape index (κ3) is 3.17. The molecule has 0 saturated heterocycles. The van der Waals surface area contributed by atoms with Crippen LogP contribution in [0.25, 0.3) is 0 Å². The highest BCUT2D eigenvalue weighted by Gasteiger charge is 2.51. The summed E-state index contributed by atoms with van der Waals surface area (Å²) in [5, 5.41) is 20.3. The molecule has 4 fully saturated rings. The summed E-state index contributed by atoms with van der Waals surface area (Å²) in [6.45, 7) is 0.170. The van der Waals surface area contributed by atoms with Gasteiger partial charge in [-0.3, -0.25) is 14.9 Å². The minimum Gasteiger partial charge on any atom is -0.487 e. The molecule has 0 aromatic heterocycles. The first-order valence-electron chi connectivity index (χ1n) is 9.59. The SMILES string of the molecule is O=C(O)CCCOc1ccc(C23CC4CC(CC(C4)C2)C3)cc1[N+](=O)[O-]. The zero-order valence-electron chi connectivity index (χ0n) is 14.9. The summed E-state index contributed by atoms with van der Waals surface area (Å²) in [5.74, 6) is 1.71. The average molecular weight is 359 g/mol. The van der Waals surface area contributed by atoms with Gasteiger partial charge in [0.25, 0.3) is 0 Å². The predicted octanol–water partition coefficient (Wildman–Crippen LogP) is 4.31. The van der Waals surface area contributed by atoms with Gasteiger partial charge in [0.15, 0.2) is 5.75 Å². The number of carboxylic acid groups (broad SMARTS) is 1. The second-order valence-corrected chi connectivity index (χ2v) is 8.48. The molecule has 0 amide bonds. The Balaban J connectivity index is 1.55. The highest BCUT2D eigenvalue weighted by molar-refractivity contribution is 5.66. The van der Waals surface area contributed by atoms with Gasteiger partial charge >= 0.3 is 11.7 Å². The Labute approximate surface area is 152 Å². The van der Waals surface area contributed by atoms with Crippen molar-refractivity contribution in [2.24, 2.45) is 17.8 Å². The second-order valence-electron chi connectivity index (χ2n) is 8.48. The number of nitrogens with zero attached hydrogens (tertiary/aromatic N) is 1. The van der Waals surface area contributed by atoms with E-state index >= 15 is 0 Å². The van der Waals surface area contributed by atoms with Crippen molar-refractivity contribution in [2.45, 2.75) is 56.8 Å². The Morgan fingerprint density at radius 3 is 2.35 bits per heavy atom. The molecule has 4 aliphatic rings. The summed E-state index contributed by atoms with van der Waals surface area (Å²) >= 11 is 0. The molecule has 6 heteroatoms. The molecule has 5 rings (SSSR count). The number of hydrogen-bond acceptors (Lipinski definition) is 4. The van der Waals surface area contributed by atoms with Crippen LogP contribution in [0.3, 0.4) is 0 Å². The first kappa shape index (κ1) is 17.3. The average Bonchev–Trinajstić information content (AvgIpc) is 2.57. The number of carbonyl (C=O) groups is 1. The lowest BCUT2D eigenvalue weighted by Gasteiger charge is -2.57. The monoisotopic (exact) mass is 359 g/mol. The maximum atomic E-state index is 11.6. The quantitative estimate of drug-likeness (QED) is 0.445. The van der Waals surface area contributed by atoms with Gasteiger partial charge in [-0.25, -0.2) is 0 Å². The lowest BCUT2D eigenvalue weighted by atomic mass is 9.48. The number of ether oxygens (including phenoxy) is 1. The fourth-order valence-corrected chi connectivity index (χ4v) is 5.98. The highest BCUT2D eigenvalue weighted by atomic mass is 16.6. The Bertz CT molecular complexity index is 694. The summed E-state index contributed by atoms with van der Waals surface area (Å²) in [5.41, 5.74) is 1.22. The van der Waals surface area contributed by atoms with Crippen LogP contribution in [0.4, 0.5) is 5.69 Å². The summed E-state index contributed by atoms with van der Waals surface area (Å²) in [7, 11) is 0. The molecule has 0 aliphatic heterocycles. The van der Waals surface area contributed by atoms with E-state index < -0.39 is 5.97 Å². The highest BCUT2D eigenvalue weighted by Crippen LogP contribution is 2.61. The minimum absolute atomic E-state index is 0.000836. The van der Waals surface area contributed by atoms with E-state index in [9.17, 15) is 14.9 Å². The lowest BCUT2D eigenvalue weighted by Crippen LogP contribution is -2.48. The van der Waals surface area contributed by atoms with Gasteiger partial charge in [-0.15, -0.1) is 0 Å². The predicted molar refractivity (Wildman–Crippen MR) is 95.3 cm³/mol. The Hall–Kier alpha value is -2.11. The molecular weight excluding hydrogens is 334 g/mol. The molecule has 4 aliphatic carbocycles. The van der Waals surface area contributed by atoms with Gasteiger partial charge in [0, 0.05) is 12.5 Å². The topological polar surface area (TPSA) is 89.7 Å². The maximum absolute atomic E-state index is 11.6. The molecule has 0 radical (unpaired) electrons. The smallest absolute Gasteiger partial charge is 0.311 e. The largest absolute Gasteiger partial charge is 0.487 e. The Kier molecular flexibility index (Phi) is 4.37. The summed E-state index contributed by atoms with van der Waals surface area (Å²) < 4.78 is 5.52. The fraction of sp³-hybridized carbons (Fsp3) is 0.650. The van der Waals surface area contributed by atoms with Crippen molar-refractivity contribution in [3.05, 3.63) is 33.9 Å². The van der Waals surface area contributed by atoms with Crippen molar-refractivity contribution >= 4 is 11.7 Å². The molecule has 0 heterocycles. The molecule has 4 saturated carbocycles. The van der Waals surface area contributed by atoms with Crippen LogP contribution in [0, 0.1) is 27.9 Å². The van der Waals surface area contributed by atoms with E-state index in [0.717, 1.165) is 42.6 Å². The first-order chi connectivity index (χ1) is 12.4. The number of benzene rings is 1. The van der Waals surface area contributed by atoms with Crippen LogP contribution < -0.4 is 4.74 Å². The summed E-state index contributed by atoms with van der Waals surface area (Å²) in [6.07, 6.45) is 7.84. The van der Waals surface area contributed by atoms with E-state index in [1.165, 1.54) is 19.3 Å². The van der Waals surface area contributed by atoms with Gasteiger partial charge in [-0.1, -0.05) is 6.07 Å². The lowest BCUT2D eigenvalue weighted by molar-refractivity contribution is -0.386. The van der Waals surface area contributed by atoms with Crippen molar-refractivity contribution in [3.8, 4) is 5.75 Å². The van der Waals surface area contributed by atoms with Crippen molar-refractivity contribution in [1.29, 1.82) is 0 Å². The van der Waals surface area contributed by atoms with Crippen LogP contribution in [-0.4, -0.2) is 22.6 Å². The van der Waals surface area contributed by atoms with Gasteiger partial charge in [-0.05, 0) is 79.7 Å². The Morgan fingerprint density at radius 2 is 1.81 bits per heavy atom. The molecule has 0 unspecified atom stereocenters. The maximum Gasteiger partial charge on any atom is 0.311 e. The molecule has 6 nitrogen and oxygen atoms in total. The molecule has 1 aromatic carbocycles. The third-order valence-corrected chi connectivity index (χ3v) is 6.60. The second kappa shape index (κ2) is 6.56. The van der Waals surface area contributed by atoms with E-state index in [2.05, 4.69) is 0 Å². The van der Waals surface area contributed by atoms with Crippen LogP contribution in [0.15, 0.2) is 18.2 Å². The van der Waals surface area contributed by atoms with Gasteiger partial charge < -0.3 is 9.84 Å². The molecule has 0 spiro atoms. The number of rotatable bonds is 7. The number of aliphatic carboxylic acids is 1. The Morgan fingerprint density at radius 1 is 1.19 bits per heavy atom. The van der Waals surface area contributed by atoms with E-state index in [4.69, 9.17) is 9.84 Å². The fourth-order valence-electron chi connectivity index (χ4n) is 5.98. The van der Waals surface area contributed by atoms with E-state index in [1.807, 2.05) is 6.07 Å². The zero-order valence-corrected chi connectivity index (χ0v) is 14.9. The van der Waals surface area contributed by atoms with Gasteiger partial charge in [0.2, 0.25) is 0 Å². The summed E-state index contributed by atoms with van der Waals surface area (Å²) in [4.78, 5) is 21.8. The molecular formula is C20H25NO5. The van der Waals surface area contributed by atoms with Gasteiger partial charge in [0.05, 0.1) is 11.5 Å². The van der Waals surface area contributed by atoms with Crippen molar-refractivity contribution in [2.75, 3.05) is 6.61 Å². The van der Waals surface area contributed by atoms with Crippen LogP contribution in [0.5, 0.6) is 5.75 Å². The van der Waals surface area contributed by atoms with E-state index in [-0.39, 0.29) is 34.8 Å². The molecule has 4 bridgehead atoms. The van der Waals surface area contributed by atoms with Crippen molar-refractivity contribution < 1.29 is 19.6 Å². The number of carboxylic acids is 1. The van der Waals surface area contributed by atoms with E-state index in [1.54, 1.807) is 12.1 Å². The van der Waals surface area contributed by atoms with Crippen molar-refractivity contribution in [1.82, 2.24) is 0 Å². The van der Waals surface area contributed by atoms with Gasteiger partial charge in [0.1, 0.15) is 0 Å². The third-order valence-electron chi connectivity index (χ3n) is 6.60. The summed E-state index contributed by atoms with van der Waals surface area (Å²) in [6, 6.07) is 5.44. The molecule has 140 valence electrons. The number of nitro groups is 1. The van der Waals surface area contributed by atoms with Gasteiger partial charge in [-0.2, -0.15) is 0 Å². The standard InChI is InChI=1S/C20H25NO5/c22-19(23)2-1-5-26-18-4-3-16(9-17(18)21(24)25)20-10-13-6-14(11-20)8-15(7-13)12-20/h3-4,9,13-15H,1-2,5-8,10-12H2,(H,22,23). The van der Waals surface area contributed by atoms with E-state index in [0.29, 0.717) is 6.42 Å². The zero-order chi connectivity index (χ0) is 18.3. The molecule has 0 atom stereocenters. The van der Waals surface area contributed by atoms with Crippen LogP contribution in [0.2, 0.25) is 0 Å². The molecule has 1 N–H and O–H groups in total. The number of hydrogen-bond donors (Lipinski definition) is 1. The van der Waals surface area contributed by atoms with Crippen LogP contribution >= 0.6 is 0 Å².